The lowest BCUT2D eigenvalue weighted by atomic mass is 10.1. The van der Waals surface area contributed by atoms with Crippen LogP contribution in [-0.4, -0.2) is 17.7 Å². The SMILES string of the molecule is CCOC(=O)Nc1cccc(-c2csc(-c3ccc(Cl)cc3)n2)c1. The number of hydrogen-bond donors (Lipinski definition) is 1. The Morgan fingerprint density at radius 1 is 1.21 bits per heavy atom. The normalized spacial score (nSPS) is 10.4. The molecule has 6 heteroatoms. The molecule has 0 aliphatic rings. The van der Waals surface area contributed by atoms with Crippen molar-refractivity contribution >= 4 is 34.7 Å². The van der Waals surface area contributed by atoms with E-state index in [2.05, 4.69) is 10.3 Å². The number of carbonyl (C=O) groups excluding carboxylic acids is 1. The van der Waals surface area contributed by atoms with Gasteiger partial charge in [0, 0.05) is 27.2 Å². The monoisotopic (exact) mass is 358 g/mol. The minimum absolute atomic E-state index is 0.335. The molecule has 0 saturated heterocycles. The number of nitrogens with one attached hydrogen (secondary N) is 1. The third-order valence-corrected chi connectivity index (χ3v) is 4.42. The summed E-state index contributed by atoms with van der Waals surface area (Å²) in [5.74, 6) is 0. The first-order valence-corrected chi connectivity index (χ1v) is 8.67. The lowest BCUT2D eigenvalue weighted by Gasteiger charge is -2.06. The highest BCUT2D eigenvalue weighted by molar-refractivity contribution is 7.13. The van der Waals surface area contributed by atoms with Gasteiger partial charge in [-0.05, 0) is 31.2 Å². The first kappa shape index (κ1) is 16.5. The molecular weight excluding hydrogens is 344 g/mol. The van der Waals surface area contributed by atoms with Gasteiger partial charge in [-0.3, -0.25) is 5.32 Å². The van der Waals surface area contributed by atoms with E-state index < -0.39 is 6.09 Å². The summed E-state index contributed by atoms with van der Waals surface area (Å²) in [5.41, 5.74) is 3.49. The van der Waals surface area contributed by atoms with E-state index in [1.54, 1.807) is 18.3 Å². The molecule has 0 atom stereocenters. The minimum Gasteiger partial charge on any atom is -0.450 e. The molecule has 0 radical (unpaired) electrons. The second-order valence-electron chi connectivity index (χ2n) is 4.97. The van der Waals surface area contributed by atoms with Gasteiger partial charge in [0.25, 0.3) is 0 Å². The number of anilines is 1. The molecule has 0 spiro atoms. The molecule has 1 N–H and O–H groups in total. The molecule has 4 nitrogen and oxygen atoms in total. The third kappa shape index (κ3) is 3.93. The van der Waals surface area contributed by atoms with Crippen molar-refractivity contribution in [2.24, 2.45) is 0 Å². The number of carbonyl (C=O) groups is 1. The Kier molecular flexibility index (Phi) is 5.13. The Morgan fingerprint density at radius 2 is 2.00 bits per heavy atom. The Balaban J connectivity index is 1.82. The third-order valence-electron chi connectivity index (χ3n) is 3.28. The summed E-state index contributed by atoms with van der Waals surface area (Å²) in [5, 5.41) is 6.31. The average Bonchev–Trinajstić information content (AvgIpc) is 3.06. The molecule has 122 valence electrons. The standard InChI is InChI=1S/C18H15ClN2O2S/c1-2-23-18(22)20-15-5-3-4-13(10-15)16-11-24-17(21-16)12-6-8-14(19)9-7-12/h3-11H,2H2,1H3,(H,20,22). The summed E-state index contributed by atoms with van der Waals surface area (Å²) < 4.78 is 4.89. The summed E-state index contributed by atoms with van der Waals surface area (Å²) in [6.07, 6.45) is -0.463. The summed E-state index contributed by atoms with van der Waals surface area (Å²) in [4.78, 5) is 16.2. The fourth-order valence-electron chi connectivity index (χ4n) is 2.17. The number of thiazole rings is 1. The van der Waals surface area contributed by atoms with E-state index in [9.17, 15) is 4.79 Å². The molecule has 1 aromatic heterocycles. The van der Waals surface area contributed by atoms with E-state index in [-0.39, 0.29) is 0 Å². The molecule has 0 bridgehead atoms. The van der Waals surface area contributed by atoms with Crippen LogP contribution in [0.2, 0.25) is 5.02 Å². The second kappa shape index (κ2) is 7.47. The zero-order valence-electron chi connectivity index (χ0n) is 13.0. The molecule has 3 rings (SSSR count). The quantitative estimate of drug-likeness (QED) is 0.650. The maximum Gasteiger partial charge on any atom is 0.411 e. The molecule has 1 amide bonds. The van der Waals surface area contributed by atoms with Gasteiger partial charge >= 0.3 is 6.09 Å². The summed E-state index contributed by atoms with van der Waals surface area (Å²) in [7, 11) is 0. The number of halogens is 1. The van der Waals surface area contributed by atoms with Crippen molar-refractivity contribution < 1.29 is 9.53 Å². The van der Waals surface area contributed by atoms with Gasteiger partial charge in [-0.15, -0.1) is 11.3 Å². The zero-order valence-corrected chi connectivity index (χ0v) is 14.5. The minimum atomic E-state index is -0.463. The van der Waals surface area contributed by atoms with Gasteiger partial charge in [-0.1, -0.05) is 35.9 Å². The molecule has 0 unspecified atom stereocenters. The highest BCUT2D eigenvalue weighted by atomic mass is 35.5. The van der Waals surface area contributed by atoms with Crippen LogP contribution in [0.15, 0.2) is 53.9 Å². The zero-order chi connectivity index (χ0) is 16.9. The summed E-state index contributed by atoms with van der Waals surface area (Å²) in [6, 6.07) is 15.1. The van der Waals surface area contributed by atoms with E-state index in [1.807, 2.05) is 53.9 Å². The summed E-state index contributed by atoms with van der Waals surface area (Å²) >= 11 is 7.48. The number of aromatic nitrogens is 1. The molecular formula is C18H15ClN2O2S. The summed E-state index contributed by atoms with van der Waals surface area (Å²) in [6.45, 7) is 2.10. The van der Waals surface area contributed by atoms with Crippen LogP contribution in [0, 0.1) is 0 Å². The molecule has 0 fully saturated rings. The van der Waals surface area contributed by atoms with Gasteiger partial charge in [0.05, 0.1) is 12.3 Å². The van der Waals surface area contributed by atoms with Crippen LogP contribution in [0.3, 0.4) is 0 Å². The van der Waals surface area contributed by atoms with Gasteiger partial charge in [0.15, 0.2) is 0 Å². The number of ether oxygens (including phenoxy) is 1. The number of nitrogens with zero attached hydrogens (tertiary/aromatic N) is 1. The van der Waals surface area contributed by atoms with Crippen molar-refractivity contribution in [1.82, 2.24) is 4.98 Å². The van der Waals surface area contributed by atoms with Gasteiger partial charge in [0.1, 0.15) is 5.01 Å². The predicted octanol–water partition coefficient (Wildman–Crippen LogP) is 5.70. The molecule has 24 heavy (non-hydrogen) atoms. The van der Waals surface area contributed by atoms with E-state index >= 15 is 0 Å². The van der Waals surface area contributed by atoms with Crippen molar-refractivity contribution in [3.8, 4) is 21.8 Å². The van der Waals surface area contributed by atoms with Gasteiger partial charge < -0.3 is 4.74 Å². The molecule has 0 saturated carbocycles. The first-order valence-electron chi connectivity index (χ1n) is 7.41. The van der Waals surface area contributed by atoms with E-state index in [0.29, 0.717) is 17.3 Å². The van der Waals surface area contributed by atoms with Crippen molar-refractivity contribution in [2.75, 3.05) is 11.9 Å². The Morgan fingerprint density at radius 3 is 2.75 bits per heavy atom. The first-order chi connectivity index (χ1) is 11.7. The second-order valence-corrected chi connectivity index (χ2v) is 6.27. The van der Waals surface area contributed by atoms with Crippen molar-refractivity contribution in [3.05, 3.63) is 58.9 Å². The van der Waals surface area contributed by atoms with E-state index in [1.165, 1.54) is 0 Å². The largest absolute Gasteiger partial charge is 0.450 e. The van der Waals surface area contributed by atoms with Crippen LogP contribution >= 0.6 is 22.9 Å². The van der Waals surface area contributed by atoms with Crippen LogP contribution in [0.25, 0.3) is 21.8 Å². The predicted molar refractivity (Wildman–Crippen MR) is 98.6 cm³/mol. The van der Waals surface area contributed by atoms with Crippen molar-refractivity contribution in [1.29, 1.82) is 0 Å². The Hall–Kier alpha value is -2.37. The molecule has 2 aromatic carbocycles. The van der Waals surface area contributed by atoms with Crippen LogP contribution in [0.4, 0.5) is 10.5 Å². The Labute approximate surface area is 149 Å². The van der Waals surface area contributed by atoms with Crippen LogP contribution in [0.1, 0.15) is 6.92 Å². The number of amides is 1. The Bertz CT molecular complexity index is 846. The number of hydrogen-bond acceptors (Lipinski definition) is 4. The molecule has 3 aromatic rings. The number of benzene rings is 2. The maximum atomic E-state index is 11.5. The van der Waals surface area contributed by atoms with Gasteiger partial charge in [-0.2, -0.15) is 0 Å². The van der Waals surface area contributed by atoms with Crippen LogP contribution in [-0.2, 0) is 4.74 Å². The van der Waals surface area contributed by atoms with Gasteiger partial charge in [0.2, 0.25) is 0 Å². The molecule has 0 aliphatic carbocycles. The van der Waals surface area contributed by atoms with Gasteiger partial charge in [-0.25, -0.2) is 9.78 Å². The van der Waals surface area contributed by atoms with Crippen molar-refractivity contribution in [3.63, 3.8) is 0 Å². The van der Waals surface area contributed by atoms with Crippen molar-refractivity contribution in [2.45, 2.75) is 6.92 Å². The van der Waals surface area contributed by atoms with Crippen LogP contribution < -0.4 is 5.32 Å². The lowest BCUT2D eigenvalue weighted by Crippen LogP contribution is -2.13. The molecule has 0 aliphatic heterocycles. The smallest absolute Gasteiger partial charge is 0.411 e. The van der Waals surface area contributed by atoms with E-state index in [0.717, 1.165) is 21.8 Å². The highest BCUT2D eigenvalue weighted by Crippen LogP contribution is 2.30. The molecule has 1 heterocycles. The maximum absolute atomic E-state index is 11.5. The topological polar surface area (TPSA) is 51.2 Å². The van der Waals surface area contributed by atoms with Crippen LogP contribution in [0.5, 0.6) is 0 Å². The van der Waals surface area contributed by atoms with E-state index in [4.69, 9.17) is 16.3 Å². The highest BCUT2D eigenvalue weighted by Gasteiger charge is 2.08. The number of rotatable bonds is 4. The fourth-order valence-corrected chi connectivity index (χ4v) is 3.13. The fraction of sp³-hybridized carbons (Fsp3) is 0.111. The average molecular weight is 359 g/mol. The lowest BCUT2D eigenvalue weighted by molar-refractivity contribution is 0.168.